The molecule has 1 fully saturated rings. The zero-order chi connectivity index (χ0) is 21.2. The van der Waals surface area contributed by atoms with Crippen LogP contribution in [0.5, 0.6) is 5.75 Å². The first kappa shape index (κ1) is 19.7. The smallest absolute Gasteiger partial charge is 0.174 e. The van der Waals surface area contributed by atoms with Crippen molar-refractivity contribution in [2.45, 2.75) is 22.1 Å². The van der Waals surface area contributed by atoms with Gasteiger partial charge in [-0.1, -0.05) is 36.0 Å². The van der Waals surface area contributed by atoms with Gasteiger partial charge in [0.25, 0.3) is 0 Å². The van der Waals surface area contributed by atoms with Gasteiger partial charge in [0.15, 0.2) is 10.2 Å². The van der Waals surface area contributed by atoms with Crippen molar-refractivity contribution < 1.29 is 9.52 Å². The lowest BCUT2D eigenvalue weighted by molar-refractivity contribution is 0.383. The summed E-state index contributed by atoms with van der Waals surface area (Å²) in [5, 5.41) is 14.5. The molecule has 1 aliphatic rings. The Bertz CT molecular complexity index is 1180. The maximum absolute atomic E-state index is 9.72. The second-order valence-corrected chi connectivity index (χ2v) is 8.55. The first-order valence-corrected chi connectivity index (χ1v) is 11.0. The number of hydrogen-bond acceptors (Lipinski definition) is 5. The molecule has 2 aromatic carbocycles. The van der Waals surface area contributed by atoms with Crippen LogP contribution < -0.4 is 10.2 Å². The molecular weight excluding hydrogens is 426 g/mol. The van der Waals surface area contributed by atoms with Gasteiger partial charge < -0.3 is 19.7 Å². The summed E-state index contributed by atoms with van der Waals surface area (Å²) in [4.78, 5) is 7.68. The molecule has 5 rings (SSSR count). The van der Waals surface area contributed by atoms with Gasteiger partial charge in [-0.15, -0.1) is 0 Å². The van der Waals surface area contributed by atoms with Crippen molar-refractivity contribution in [2.75, 3.05) is 4.90 Å². The van der Waals surface area contributed by atoms with Crippen LogP contribution in [0.25, 0.3) is 0 Å². The molecular formula is C24H19N3O2S2. The fourth-order valence-electron chi connectivity index (χ4n) is 3.69. The molecule has 0 bridgehead atoms. The number of anilines is 1. The van der Waals surface area contributed by atoms with E-state index < -0.39 is 0 Å². The molecule has 0 aliphatic carbocycles. The molecule has 0 amide bonds. The van der Waals surface area contributed by atoms with Gasteiger partial charge in [0.2, 0.25) is 0 Å². The highest BCUT2D eigenvalue weighted by Gasteiger charge is 2.42. The van der Waals surface area contributed by atoms with Crippen LogP contribution in [0, 0.1) is 0 Å². The molecule has 7 heteroatoms. The summed E-state index contributed by atoms with van der Waals surface area (Å²) in [5.74, 6) is 0.994. The number of aromatic nitrogens is 1. The van der Waals surface area contributed by atoms with Crippen molar-refractivity contribution in [3.8, 4) is 5.75 Å². The third-order valence-corrected chi connectivity index (χ3v) is 6.32. The Morgan fingerprint density at radius 3 is 2.45 bits per heavy atom. The minimum absolute atomic E-state index is 0.178. The van der Waals surface area contributed by atoms with Crippen molar-refractivity contribution in [3.05, 3.63) is 103 Å². The van der Waals surface area contributed by atoms with E-state index in [0.717, 1.165) is 27.1 Å². The minimum atomic E-state index is -0.225. The quantitative estimate of drug-likeness (QED) is 0.382. The van der Waals surface area contributed by atoms with E-state index in [1.807, 2.05) is 65.6 Å². The molecule has 154 valence electrons. The Labute approximate surface area is 189 Å². The molecule has 5 nitrogen and oxygen atoms in total. The second-order valence-electron chi connectivity index (χ2n) is 7.08. The number of pyridine rings is 1. The third-order valence-electron chi connectivity index (χ3n) is 5.08. The van der Waals surface area contributed by atoms with Crippen LogP contribution in [0.4, 0.5) is 5.69 Å². The Kier molecular flexibility index (Phi) is 5.36. The summed E-state index contributed by atoms with van der Waals surface area (Å²) < 4.78 is 6.29. The van der Waals surface area contributed by atoms with Crippen LogP contribution in [0.15, 0.2) is 106 Å². The van der Waals surface area contributed by atoms with Crippen LogP contribution in [-0.4, -0.2) is 15.2 Å². The summed E-state index contributed by atoms with van der Waals surface area (Å²) >= 11 is 7.28. The number of furan rings is 1. The lowest BCUT2D eigenvalue weighted by atomic mass is 10.0. The summed E-state index contributed by atoms with van der Waals surface area (Å²) in [6.07, 6.45) is 1.78. The van der Waals surface area contributed by atoms with Crippen LogP contribution in [0.3, 0.4) is 0 Å². The molecule has 31 heavy (non-hydrogen) atoms. The lowest BCUT2D eigenvalue weighted by Gasteiger charge is -2.26. The largest absolute Gasteiger partial charge is 0.508 e. The predicted molar refractivity (Wildman–Crippen MR) is 125 cm³/mol. The van der Waals surface area contributed by atoms with Crippen LogP contribution in [-0.2, 0) is 0 Å². The van der Waals surface area contributed by atoms with Crippen LogP contribution >= 0.6 is 24.0 Å². The van der Waals surface area contributed by atoms with Gasteiger partial charge in [0.05, 0.1) is 11.7 Å². The molecule has 0 saturated carbocycles. The standard InChI is InChI=1S/C24H19N3O2S2/c28-17-11-9-16(10-12-17)27-23(22(26-24(27)30)19-8-4-5-15-25-19)20-13-14-21(29-20)31-18-6-2-1-3-7-18/h1-15,22-23,28H,(H,26,30)/t22-,23+/m0/s1. The molecule has 2 N–H and O–H groups in total. The van der Waals surface area contributed by atoms with Gasteiger partial charge in [-0.2, -0.15) is 0 Å². The van der Waals surface area contributed by atoms with Gasteiger partial charge in [-0.25, -0.2) is 0 Å². The van der Waals surface area contributed by atoms with E-state index in [4.69, 9.17) is 16.6 Å². The number of benzene rings is 2. The van der Waals surface area contributed by atoms with E-state index in [0.29, 0.717) is 5.11 Å². The van der Waals surface area contributed by atoms with E-state index in [1.165, 1.54) is 0 Å². The molecule has 3 heterocycles. The monoisotopic (exact) mass is 445 g/mol. The van der Waals surface area contributed by atoms with Gasteiger partial charge in [-0.3, -0.25) is 4.98 Å². The molecule has 0 unspecified atom stereocenters. The highest BCUT2D eigenvalue weighted by Crippen LogP contribution is 2.43. The molecule has 1 saturated heterocycles. The number of aromatic hydroxyl groups is 1. The van der Waals surface area contributed by atoms with Crippen molar-refractivity contribution in [1.82, 2.24) is 10.3 Å². The van der Waals surface area contributed by atoms with E-state index in [9.17, 15) is 5.11 Å². The van der Waals surface area contributed by atoms with Crippen molar-refractivity contribution in [3.63, 3.8) is 0 Å². The first-order chi connectivity index (χ1) is 15.2. The topological polar surface area (TPSA) is 61.5 Å². The van der Waals surface area contributed by atoms with E-state index >= 15 is 0 Å². The number of hydrogen-bond donors (Lipinski definition) is 2. The SMILES string of the molecule is Oc1ccc(N2C(=S)N[C@@H](c3ccccn3)[C@H]2c2ccc(Sc3ccccc3)o2)cc1. The highest BCUT2D eigenvalue weighted by molar-refractivity contribution is 7.99. The van der Waals surface area contributed by atoms with E-state index in [1.54, 1.807) is 30.1 Å². The second kappa shape index (κ2) is 8.45. The van der Waals surface area contributed by atoms with Gasteiger partial charge in [-0.05, 0) is 72.9 Å². The Hall–Kier alpha value is -3.29. The maximum atomic E-state index is 9.72. The summed E-state index contributed by atoms with van der Waals surface area (Å²) in [6.45, 7) is 0. The highest BCUT2D eigenvalue weighted by atomic mass is 32.2. The zero-order valence-corrected chi connectivity index (χ0v) is 18.0. The fraction of sp³-hybridized carbons (Fsp3) is 0.0833. The molecule has 2 atom stereocenters. The molecule has 2 aromatic heterocycles. The zero-order valence-electron chi connectivity index (χ0n) is 16.4. The minimum Gasteiger partial charge on any atom is -0.508 e. The Balaban J connectivity index is 1.53. The summed E-state index contributed by atoms with van der Waals surface area (Å²) in [7, 11) is 0. The number of thiocarbonyl (C=S) groups is 1. The van der Waals surface area contributed by atoms with Crippen molar-refractivity contribution in [1.29, 1.82) is 0 Å². The summed E-state index contributed by atoms with van der Waals surface area (Å²) in [5.41, 5.74) is 1.75. The number of phenols is 1. The van der Waals surface area contributed by atoms with E-state index in [-0.39, 0.29) is 17.8 Å². The number of rotatable bonds is 5. The predicted octanol–water partition coefficient (Wildman–Crippen LogP) is 5.71. The van der Waals surface area contributed by atoms with Crippen molar-refractivity contribution >= 4 is 34.8 Å². The summed E-state index contributed by atoms with van der Waals surface area (Å²) in [6, 6.07) is 26.5. The Morgan fingerprint density at radius 2 is 1.71 bits per heavy atom. The molecule has 0 radical (unpaired) electrons. The van der Waals surface area contributed by atoms with E-state index in [2.05, 4.69) is 22.4 Å². The fourth-order valence-corrected chi connectivity index (χ4v) is 4.83. The normalized spacial score (nSPS) is 18.2. The average molecular weight is 446 g/mol. The molecule has 0 spiro atoms. The number of nitrogens with one attached hydrogen (secondary N) is 1. The number of phenolic OH excluding ortho intramolecular Hbond substituents is 1. The van der Waals surface area contributed by atoms with Gasteiger partial charge in [0.1, 0.15) is 17.6 Å². The molecule has 4 aromatic rings. The molecule has 1 aliphatic heterocycles. The first-order valence-electron chi connectivity index (χ1n) is 9.81. The van der Waals surface area contributed by atoms with Crippen LogP contribution in [0.1, 0.15) is 23.5 Å². The van der Waals surface area contributed by atoms with Crippen LogP contribution in [0.2, 0.25) is 0 Å². The Morgan fingerprint density at radius 1 is 0.935 bits per heavy atom. The van der Waals surface area contributed by atoms with Crippen molar-refractivity contribution in [2.24, 2.45) is 0 Å². The van der Waals surface area contributed by atoms with Gasteiger partial charge in [0, 0.05) is 16.8 Å². The maximum Gasteiger partial charge on any atom is 0.174 e. The average Bonchev–Trinajstić information content (AvgIpc) is 3.40. The third kappa shape index (κ3) is 4.02. The van der Waals surface area contributed by atoms with Gasteiger partial charge >= 0.3 is 0 Å². The number of nitrogens with zero attached hydrogens (tertiary/aromatic N) is 2. The lowest BCUT2D eigenvalue weighted by Crippen LogP contribution is -2.29.